The Labute approximate surface area is 186 Å². The van der Waals surface area contributed by atoms with E-state index in [0.717, 1.165) is 5.56 Å². The Bertz CT molecular complexity index is 1020. The van der Waals surface area contributed by atoms with Crippen molar-refractivity contribution in [1.29, 1.82) is 0 Å². The summed E-state index contributed by atoms with van der Waals surface area (Å²) in [5.74, 6) is 0.0480. The summed E-state index contributed by atoms with van der Waals surface area (Å²) in [6.45, 7) is 4.59. The molecular formula is C24H27FN2O5. The summed E-state index contributed by atoms with van der Waals surface area (Å²) in [6, 6.07) is 9.48. The highest BCUT2D eigenvalue weighted by Crippen LogP contribution is 2.39. The van der Waals surface area contributed by atoms with Crippen molar-refractivity contribution < 1.29 is 28.0 Å². The highest BCUT2D eigenvalue weighted by molar-refractivity contribution is 6.01. The number of benzene rings is 1. The average molecular weight is 442 g/mol. The molecule has 2 aromatic rings. The quantitative estimate of drug-likeness (QED) is 0.630. The molecule has 1 saturated heterocycles. The van der Waals surface area contributed by atoms with Crippen LogP contribution in [0.15, 0.2) is 46.0 Å². The van der Waals surface area contributed by atoms with Crippen molar-refractivity contribution in [1.82, 2.24) is 4.90 Å². The summed E-state index contributed by atoms with van der Waals surface area (Å²) in [4.78, 5) is 33.4. The first-order valence-electron chi connectivity index (χ1n) is 10.9. The summed E-state index contributed by atoms with van der Waals surface area (Å²) in [5.41, 5.74) is 0.612. The fourth-order valence-corrected chi connectivity index (χ4v) is 4.50. The molecule has 0 unspecified atom stereocenters. The minimum atomic E-state index is -0.885. The van der Waals surface area contributed by atoms with E-state index in [1.165, 1.54) is 12.1 Å². The summed E-state index contributed by atoms with van der Waals surface area (Å²) < 4.78 is 24.2. The number of aryl methyl sites for hydroxylation is 1. The van der Waals surface area contributed by atoms with Crippen molar-refractivity contribution >= 4 is 17.6 Å². The van der Waals surface area contributed by atoms with Gasteiger partial charge in [0.05, 0.1) is 17.7 Å². The number of hydrogen-bond donors (Lipinski definition) is 0. The molecule has 1 amide bonds. The molecule has 0 saturated carbocycles. The highest BCUT2D eigenvalue weighted by atomic mass is 19.1. The van der Waals surface area contributed by atoms with Crippen LogP contribution in [0.5, 0.6) is 0 Å². The number of nitrogens with zero attached hydrogens (tertiary/aromatic N) is 2. The van der Waals surface area contributed by atoms with E-state index in [2.05, 4.69) is 5.16 Å². The van der Waals surface area contributed by atoms with Crippen LogP contribution in [-0.4, -0.2) is 48.3 Å². The fourth-order valence-electron chi connectivity index (χ4n) is 4.50. The predicted molar refractivity (Wildman–Crippen MR) is 115 cm³/mol. The minimum absolute atomic E-state index is 0.232. The van der Waals surface area contributed by atoms with Crippen LogP contribution < -0.4 is 0 Å². The first-order valence-corrected chi connectivity index (χ1v) is 10.9. The van der Waals surface area contributed by atoms with Crippen LogP contribution in [0.3, 0.4) is 0 Å². The van der Waals surface area contributed by atoms with Crippen molar-refractivity contribution in [3.63, 3.8) is 0 Å². The number of oxime groups is 1. The van der Waals surface area contributed by atoms with Gasteiger partial charge in [-0.1, -0.05) is 17.3 Å². The topological polar surface area (TPSA) is 81.3 Å². The second-order valence-electron chi connectivity index (χ2n) is 8.42. The molecule has 32 heavy (non-hydrogen) atoms. The van der Waals surface area contributed by atoms with Crippen LogP contribution in [-0.2, 0) is 14.4 Å². The van der Waals surface area contributed by atoms with Gasteiger partial charge in [0, 0.05) is 25.9 Å². The molecule has 7 nitrogen and oxygen atoms in total. The number of hydrogen-bond acceptors (Lipinski definition) is 6. The third-order valence-electron chi connectivity index (χ3n) is 6.05. The van der Waals surface area contributed by atoms with Crippen LogP contribution in [0.4, 0.5) is 4.39 Å². The monoisotopic (exact) mass is 442 g/mol. The molecule has 1 aromatic heterocycles. The lowest BCUT2D eigenvalue weighted by Crippen LogP contribution is -2.51. The van der Waals surface area contributed by atoms with Crippen molar-refractivity contribution in [2.45, 2.75) is 45.6 Å². The Hall–Kier alpha value is -3.16. The normalized spacial score (nSPS) is 22.9. The standard InChI is InChI=1S/C24H27FN2O5/c1-3-30-23(29)24(11-4-12-27(15-24)22(28)21-10-5-16(2)31-21)14-19-13-20(26-32-19)17-6-8-18(25)9-7-17/h5-10,19H,3-4,11-15H2,1-2H3/t19-,24-/m1/s1. The molecule has 4 rings (SSSR count). The van der Waals surface area contributed by atoms with Crippen LogP contribution in [0.2, 0.25) is 0 Å². The molecule has 2 aliphatic rings. The van der Waals surface area contributed by atoms with Gasteiger partial charge in [-0.25, -0.2) is 4.39 Å². The molecule has 2 atom stereocenters. The largest absolute Gasteiger partial charge is 0.466 e. The number of ether oxygens (including phenoxy) is 1. The minimum Gasteiger partial charge on any atom is -0.466 e. The highest BCUT2D eigenvalue weighted by Gasteiger charge is 2.48. The average Bonchev–Trinajstić information content (AvgIpc) is 3.43. The first kappa shape index (κ1) is 22.0. The van der Waals surface area contributed by atoms with Crippen LogP contribution in [0, 0.1) is 18.2 Å². The van der Waals surface area contributed by atoms with Gasteiger partial charge in [0.25, 0.3) is 5.91 Å². The number of rotatable bonds is 6. The molecule has 8 heteroatoms. The number of furan rings is 1. The van der Waals surface area contributed by atoms with Crippen LogP contribution in [0.25, 0.3) is 0 Å². The van der Waals surface area contributed by atoms with Gasteiger partial charge in [-0.05, 0) is 56.5 Å². The Balaban J connectivity index is 1.50. The summed E-state index contributed by atoms with van der Waals surface area (Å²) in [6.07, 6.45) is 1.81. The van der Waals surface area contributed by atoms with Crippen LogP contribution >= 0.6 is 0 Å². The molecule has 0 N–H and O–H groups in total. The van der Waals surface area contributed by atoms with E-state index in [4.69, 9.17) is 14.0 Å². The lowest BCUT2D eigenvalue weighted by Gasteiger charge is -2.41. The number of piperidine rings is 1. The van der Waals surface area contributed by atoms with Gasteiger partial charge in [0.2, 0.25) is 0 Å². The zero-order valence-electron chi connectivity index (χ0n) is 18.3. The molecular weight excluding hydrogens is 415 g/mol. The van der Waals surface area contributed by atoms with E-state index in [-0.39, 0.29) is 42.7 Å². The summed E-state index contributed by atoms with van der Waals surface area (Å²) in [5, 5.41) is 4.17. The molecule has 0 aliphatic carbocycles. The third kappa shape index (κ3) is 4.54. The Morgan fingerprint density at radius 2 is 2.03 bits per heavy atom. The van der Waals surface area contributed by atoms with E-state index in [1.54, 1.807) is 43.0 Å². The van der Waals surface area contributed by atoms with Gasteiger partial charge in [0.15, 0.2) is 5.76 Å². The molecule has 0 bridgehead atoms. The lowest BCUT2D eigenvalue weighted by molar-refractivity contribution is -0.161. The predicted octanol–water partition coefficient (Wildman–Crippen LogP) is 4.10. The number of amides is 1. The maximum atomic E-state index is 13.2. The van der Waals surface area contributed by atoms with Gasteiger partial charge < -0.3 is 18.9 Å². The number of esters is 1. The van der Waals surface area contributed by atoms with Gasteiger partial charge in [-0.15, -0.1) is 0 Å². The van der Waals surface area contributed by atoms with E-state index in [0.29, 0.717) is 43.7 Å². The first-order chi connectivity index (χ1) is 15.4. The Morgan fingerprint density at radius 3 is 2.72 bits per heavy atom. The van der Waals surface area contributed by atoms with Gasteiger partial charge in [0.1, 0.15) is 17.7 Å². The van der Waals surface area contributed by atoms with E-state index in [9.17, 15) is 14.0 Å². The molecule has 170 valence electrons. The van der Waals surface area contributed by atoms with E-state index in [1.807, 2.05) is 0 Å². The zero-order valence-corrected chi connectivity index (χ0v) is 18.3. The molecule has 3 heterocycles. The van der Waals surface area contributed by atoms with Crippen molar-refractivity contribution in [2.24, 2.45) is 10.6 Å². The number of likely N-dealkylation sites (tertiary alicyclic amines) is 1. The maximum Gasteiger partial charge on any atom is 0.314 e. The van der Waals surface area contributed by atoms with Crippen molar-refractivity contribution in [3.8, 4) is 0 Å². The van der Waals surface area contributed by atoms with E-state index >= 15 is 0 Å². The third-order valence-corrected chi connectivity index (χ3v) is 6.05. The number of carbonyl (C=O) groups is 2. The summed E-state index contributed by atoms with van der Waals surface area (Å²) >= 11 is 0. The van der Waals surface area contributed by atoms with Crippen LogP contribution in [0.1, 0.15) is 54.5 Å². The second kappa shape index (κ2) is 9.14. The van der Waals surface area contributed by atoms with E-state index < -0.39 is 5.41 Å². The number of halogens is 1. The summed E-state index contributed by atoms with van der Waals surface area (Å²) in [7, 11) is 0. The second-order valence-corrected chi connectivity index (χ2v) is 8.42. The van der Waals surface area contributed by atoms with Crippen molar-refractivity contribution in [2.75, 3.05) is 19.7 Å². The molecule has 0 radical (unpaired) electrons. The van der Waals surface area contributed by atoms with Gasteiger partial charge in [-0.2, -0.15) is 0 Å². The molecule has 1 aromatic carbocycles. The molecule has 2 aliphatic heterocycles. The van der Waals surface area contributed by atoms with Gasteiger partial charge >= 0.3 is 5.97 Å². The maximum absolute atomic E-state index is 13.2. The molecule has 0 spiro atoms. The molecule has 1 fully saturated rings. The van der Waals surface area contributed by atoms with Gasteiger partial charge in [-0.3, -0.25) is 9.59 Å². The lowest BCUT2D eigenvalue weighted by atomic mass is 9.74. The van der Waals surface area contributed by atoms with Crippen molar-refractivity contribution in [3.05, 3.63) is 59.3 Å². The smallest absolute Gasteiger partial charge is 0.314 e. The zero-order chi connectivity index (χ0) is 22.7. The Kier molecular flexibility index (Phi) is 6.30. The fraction of sp³-hybridized carbons (Fsp3) is 0.458. The number of carbonyl (C=O) groups excluding carboxylic acids is 2. The Morgan fingerprint density at radius 1 is 1.25 bits per heavy atom. The SMILES string of the molecule is CCOC(=O)[C@@]1(C[C@H]2CC(c3ccc(F)cc3)=NO2)CCCN(C(=O)c2ccc(C)o2)C1.